The summed E-state index contributed by atoms with van der Waals surface area (Å²) in [5.74, 6) is -0.337. The number of nitrogens with one attached hydrogen (secondary N) is 2. The molecule has 2 saturated carbocycles. The molecule has 0 radical (unpaired) electrons. The summed E-state index contributed by atoms with van der Waals surface area (Å²) in [6.45, 7) is 0. The maximum Gasteiger partial charge on any atom is 0.270 e. The quantitative estimate of drug-likeness (QED) is 0.667. The van der Waals surface area contributed by atoms with Gasteiger partial charge in [-0.2, -0.15) is 0 Å². The van der Waals surface area contributed by atoms with Crippen LogP contribution < -0.4 is 10.6 Å². The predicted octanol–water partition coefficient (Wildman–Crippen LogP) is 2.60. The van der Waals surface area contributed by atoms with Crippen LogP contribution in [0.1, 0.15) is 59.2 Å². The van der Waals surface area contributed by atoms with Crippen molar-refractivity contribution in [2.75, 3.05) is 0 Å². The van der Waals surface area contributed by atoms with Crippen LogP contribution in [0.2, 0.25) is 0 Å². The van der Waals surface area contributed by atoms with Gasteiger partial charge >= 0.3 is 0 Å². The lowest BCUT2D eigenvalue weighted by molar-refractivity contribution is -0.132. The third kappa shape index (κ3) is 4.42. The number of nitrogens with zero attached hydrogens (tertiary/aromatic N) is 1. The molecule has 28 heavy (non-hydrogen) atoms. The average Bonchev–Trinajstić information content (AvgIpc) is 3.12. The van der Waals surface area contributed by atoms with Crippen molar-refractivity contribution < 1.29 is 14.7 Å². The zero-order valence-electron chi connectivity index (χ0n) is 15.6. The van der Waals surface area contributed by atoms with Crippen LogP contribution in [0.3, 0.4) is 0 Å². The minimum absolute atomic E-state index is 0.0538. The van der Waals surface area contributed by atoms with Crippen LogP contribution in [-0.2, 0) is 11.2 Å². The molecular formula is C21H25N3O3S. The standard InChI is InChI=1S/C21H25N3O3S/c25-16-10-14(11-16)19(26)23-17(9-13-5-2-1-3-6-13)21-24-18(12-28-21)20(27)22-15-7-4-8-15/h1-3,5-6,12,14-17,25H,4,7-11H2,(H,22,27)(H,23,26)/t14?,16?,17-/m1/s1. The molecule has 1 atom stereocenters. The molecule has 2 fully saturated rings. The van der Waals surface area contributed by atoms with Crippen LogP contribution in [0, 0.1) is 5.92 Å². The first kappa shape index (κ1) is 19.1. The molecule has 2 aliphatic carbocycles. The predicted molar refractivity (Wildman–Crippen MR) is 107 cm³/mol. The maximum absolute atomic E-state index is 12.6. The number of carbonyl (C=O) groups excluding carboxylic acids is 2. The molecule has 1 aromatic carbocycles. The van der Waals surface area contributed by atoms with Crippen molar-refractivity contribution in [3.63, 3.8) is 0 Å². The molecular weight excluding hydrogens is 374 g/mol. The van der Waals surface area contributed by atoms with Gasteiger partial charge in [-0.1, -0.05) is 30.3 Å². The molecule has 6 nitrogen and oxygen atoms in total. The molecule has 0 bridgehead atoms. The van der Waals surface area contributed by atoms with E-state index in [0.29, 0.717) is 25.0 Å². The molecule has 0 spiro atoms. The Hall–Kier alpha value is -2.25. The SMILES string of the molecule is O=C(NC1CCC1)c1csc([C@@H](Cc2ccccc2)NC(=O)C2CC(O)C2)n1. The Morgan fingerprint density at radius 1 is 1.21 bits per heavy atom. The highest BCUT2D eigenvalue weighted by Gasteiger charge is 2.34. The minimum Gasteiger partial charge on any atom is -0.393 e. The van der Waals surface area contributed by atoms with Crippen molar-refractivity contribution in [2.24, 2.45) is 5.92 Å². The van der Waals surface area contributed by atoms with Gasteiger partial charge in [0, 0.05) is 17.3 Å². The van der Waals surface area contributed by atoms with Crippen LogP contribution in [0.5, 0.6) is 0 Å². The monoisotopic (exact) mass is 399 g/mol. The second-order valence-corrected chi connectivity index (χ2v) is 8.64. The van der Waals surface area contributed by atoms with E-state index in [2.05, 4.69) is 15.6 Å². The van der Waals surface area contributed by atoms with Crippen molar-refractivity contribution in [2.45, 2.75) is 56.7 Å². The Kier molecular flexibility index (Phi) is 5.73. The van der Waals surface area contributed by atoms with Gasteiger partial charge in [0.1, 0.15) is 10.7 Å². The number of aliphatic hydroxyl groups excluding tert-OH is 1. The second kappa shape index (κ2) is 8.41. The van der Waals surface area contributed by atoms with Crippen molar-refractivity contribution in [1.82, 2.24) is 15.6 Å². The number of benzene rings is 1. The minimum atomic E-state index is -0.370. The Bertz CT molecular complexity index is 828. The second-order valence-electron chi connectivity index (χ2n) is 7.75. The number of carbonyl (C=O) groups is 2. The van der Waals surface area contributed by atoms with Crippen LogP contribution in [0.25, 0.3) is 0 Å². The highest BCUT2D eigenvalue weighted by molar-refractivity contribution is 7.09. The summed E-state index contributed by atoms with van der Waals surface area (Å²) in [5, 5.41) is 18.1. The zero-order chi connectivity index (χ0) is 19.5. The van der Waals surface area contributed by atoms with E-state index >= 15 is 0 Å². The van der Waals surface area contributed by atoms with Gasteiger partial charge in [0.2, 0.25) is 5.91 Å². The smallest absolute Gasteiger partial charge is 0.270 e. The topological polar surface area (TPSA) is 91.3 Å². The molecule has 4 rings (SSSR count). The van der Waals surface area contributed by atoms with Gasteiger partial charge in [-0.25, -0.2) is 4.98 Å². The summed E-state index contributed by atoms with van der Waals surface area (Å²) in [4.78, 5) is 29.5. The van der Waals surface area contributed by atoms with Gasteiger partial charge in [0.25, 0.3) is 5.91 Å². The van der Waals surface area contributed by atoms with Gasteiger partial charge in [-0.05, 0) is 44.1 Å². The summed E-state index contributed by atoms with van der Waals surface area (Å²) in [6.07, 6.45) is 4.48. The van der Waals surface area contributed by atoms with Crippen molar-refractivity contribution in [3.8, 4) is 0 Å². The lowest BCUT2D eigenvalue weighted by Crippen LogP contribution is -2.43. The Balaban J connectivity index is 1.47. The molecule has 1 aromatic heterocycles. The summed E-state index contributed by atoms with van der Waals surface area (Å²) >= 11 is 1.40. The molecule has 0 saturated heterocycles. The molecule has 0 aliphatic heterocycles. The fourth-order valence-electron chi connectivity index (χ4n) is 3.51. The summed E-state index contributed by atoms with van der Waals surface area (Å²) in [7, 11) is 0. The normalized spacial score (nSPS) is 22.6. The fourth-order valence-corrected chi connectivity index (χ4v) is 4.35. The van der Waals surface area contributed by atoms with Gasteiger partial charge in [0.05, 0.1) is 12.1 Å². The highest BCUT2D eigenvalue weighted by atomic mass is 32.1. The molecule has 7 heteroatoms. The van der Waals surface area contributed by atoms with E-state index in [9.17, 15) is 14.7 Å². The molecule has 2 amide bonds. The number of aliphatic hydroxyl groups is 1. The van der Waals surface area contributed by atoms with E-state index in [1.807, 2.05) is 30.3 Å². The summed E-state index contributed by atoms with van der Waals surface area (Å²) in [6, 6.07) is 9.91. The summed E-state index contributed by atoms with van der Waals surface area (Å²) < 4.78 is 0. The maximum atomic E-state index is 12.6. The van der Waals surface area contributed by atoms with Crippen LogP contribution in [-0.4, -0.2) is 34.1 Å². The Labute approximate surface area is 168 Å². The van der Waals surface area contributed by atoms with E-state index in [-0.39, 0.29) is 35.9 Å². The molecule has 148 valence electrons. The number of rotatable bonds is 7. The number of hydrogen-bond donors (Lipinski definition) is 3. The number of thiazole rings is 1. The first-order chi connectivity index (χ1) is 13.6. The van der Waals surface area contributed by atoms with E-state index < -0.39 is 0 Å². The molecule has 0 unspecified atom stereocenters. The van der Waals surface area contributed by atoms with Crippen LogP contribution in [0.4, 0.5) is 0 Å². The van der Waals surface area contributed by atoms with Gasteiger partial charge < -0.3 is 15.7 Å². The Morgan fingerprint density at radius 3 is 2.61 bits per heavy atom. The Morgan fingerprint density at radius 2 is 1.96 bits per heavy atom. The summed E-state index contributed by atoms with van der Waals surface area (Å²) in [5.41, 5.74) is 1.51. The van der Waals surface area contributed by atoms with Crippen molar-refractivity contribution in [3.05, 3.63) is 52.0 Å². The lowest BCUT2D eigenvalue weighted by Gasteiger charge is -2.31. The van der Waals surface area contributed by atoms with E-state index in [0.717, 1.165) is 29.8 Å². The third-order valence-electron chi connectivity index (χ3n) is 5.58. The fraction of sp³-hybridized carbons (Fsp3) is 0.476. The van der Waals surface area contributed by atoms with E-state index in [4.69, 9.17) is 0 Å². The van der Waals surface area contributed by atoms with Crippen molar-refractivity contribution in [1.29, 1.82) is 0 Å². The van der Waals surface area contributed by atoms with Crippen molar-refractivity contribution >= 4 is 23.2 Å². The number of aromatic nitrogens is 1. The van der Waals surface area contributed by atoms with Gasteiger partial charge in [-0.15, -0.1) is 11.3 Å². The third-order valence-corrected chi connectivity index (χ3v) is 6.53. The van der Waals surface area contributed by atoms with Crippen LogP contribution >= 0.6 is 11.3 Å². The first-order valence-electron chi connectivity index (χ1n) is 9.87. The number of amides is 2. The largest absolute Gasteiger partial charge is 0.393 e. The van der Waals surface area contributed by atoms with Crippen LogP contribution in [0.15, 0.2) is 35.7 Å². The van der Waals surface area contributed by atoms with Gasteiger partial charge in [0.15, 0.2) is 0 Å². The van der Waals surface area contributed by atoms with Gasteiger partial charge in [-0.3, -0.25) is 9.59 Å². The zero-order valence-corrected chi connectivity index (χ0v) is 16.5. The molecule has 2 aromatic rings. The van der Waals surface area contributed by atoms with E-state index in [1.54, 1.807) is 5.38 Å². The molecule has 2 aliphatic rings. The molecule has 3 N–H and O–H groups in total. The lowest BCUT2D eigenvalue weighted by atomic mass is 9.81. The number of hydrogen-bond acceptors (Lipinski definition) is 5. The average molecular weight is 400 g/mol. The first-order valence-corrected chi connectivity index (χ1v) is 10.7. The molecule has 1 heterocycles. The van der Waals surface area contributed by atoms with E-state index in [1.165, 1.54) is 11.3 Å². The highest BCUT2D eigenvalue weighted by Crippen LogP contribution is 2.29.